The molecule has 9 heteroatoms. The maximum atomic E-state index is 6.02. The minimum absolute atomic E-state index is 0. The summed E-state index contributed by atoms with van der Waals surface area (Å²) in [4.78, 5) is 17.1. The average molecular weight is 412 g/mol. The van der Waals surface area contributed by atoms with E-state index in [0.29, 0.717) is 12.0 Å². The number of hydrogen-bond donors (Lipinski definition) is 4. The predicted octanol–water partition coefficient (Wildman–Crippen LogP) is 2.59. The van der Waals surface area contributed by atoms with Crippen molar-refractivity contribution in [3.8, 4) is 0 Å². The SMILES string of the molecule is Cl.Cl.NC1CCC(c2nc(Cc3ccccc3)c3[nH]cnc3n2)CC1.NN. The second kappa shape index (κ2) is 11.2. The van der Waals surface area contributed by atoms with E-state index in [1.54, 1.807) is 6.33 Å². The zero-order chi connectivity index (χ0) is 17.6. The van der Waals surface area contributed by atoms with Crippen LogP contribution in [0.5, 0.6) is 0 Å². The van der Waals surface area contributed by atoms with Crippen LogP contribution in [0.25, 0.3) is 11.2 Å². The molecule has 7 nitrogen and oxygen atoms in total. The Morgan fingerprint density at radius 2 is 1.63 bits per heavy atom. The molecule has 27 heavy (non-hydrogen) atoms. The van der Waals surface area contributed by atoms with Crippen LogP contribution in [0.1, 0.15) is 48.7 Å². The summed E-state index contributed by atoms with van der Waals surface area (Å²) in [5.41, 5.74) is 10.0. The van der Waals surface area contributed by atoms with Crippen LogP contribution in [0.15, 0.2) is 36.7 Å². The Morgan fingerprint density at radius 3 is 2.30 bits per heavy atom. The summed E-state index contributed by atoms with van der Waals surface area (Å²) in [5, 5.41) is 0. The van der Waals surface area contributed by atoms with Crippen LogP contribution in [0.3, 0.4) is 0 Å². The molecule has 1 aliphatic rings. The van der Waals surface area contributed by atoms with Gasteiger partial charge >= 0.3 is 0 Å². The monoisotopic (exact) mass is 411 g/mol. The molecule has 1 fully saturated rings. The van der Waals surface area contributed by atoms with Crippen molar-refractivity contribution in [2.24, 2.45) is 17.4 Å². The number of nitrogens with two attached hydrogens (primary N) is 3. The molecule has 2 aromatic heterocycles. The van der Waals surface area contributed by atoms with E-state index in [1.165, 1.54) is 5.56 Å². The van der Waals surface area contributed by atoms with E-state index in [9.17, 15) is 0 Å². The van der Waals surface area contributed by atoms with E-state index in [1.807, 2.05) is 6.07 Å². The highest BCUT2D eigenvalue weighted by molar-refractivity contribution is 5.85. The molecule has 3 aromatic rings. The van der Waals surface area contributed by atoms with Crippen molar-refractivity contribution in [1.82, 2.24) is 19.9 Å². The molecule has 7 N–H and O–H groups in total. The molecular formula is C18H27Cl2N7. The van der Waals surface area contributed by atoms with Gasteiger partial charge in [-0.15, -0.1) is 24.8 Å². The molecular weight excluding hydrogens is 385 g/mol. The quantitative estimate of drug-likeness (QED) is 0.386. The Morgan fingerprint density at radius 1 is 0.963 bits per heavy atom. The number of benzene rings is 1. The molecule has 0 saturated heterocycles. The maximum Gasteiger partial charge on any atom is 0.181 e. The van der Waals surface area contributed by atoms with Gasteiger partial charge in [-0.3, -0.25) is 11.7 Å². The van der Waals surface area contributed by atoms with Gasteiger partial charge in [0.1, 0.15) is 11.3 Å². The largest absolute Gasteiger partial charge is 0.342 e. The van der Waals surface area contributed by atoms with Gasteiger partial charge in [-0.05, 0) is 31.2 Å². The highest BCUT2D eigenvalue weighted by Gasteiger charge is 2.23. The van der Waals surface area contributed by atoms with E-state index in [4.69, 9.17) is 15.7 Å². The summed E-state index contributed by atoms with van der Waals surface area (Å²) in [6.45, 7) is 0. The molecule has 0 aliphatic heterocycles. The minimum Gasteiger partial charge on any atom is -0.342 e. The fourth-order valence-electron chi connectivity index (χ4n) is 3.39. The Bertz CT molecular complexity index is 802. The third-order valence-corrected chi connectivity index (χ3v) is 4.73. The average Bonchev–Trinajstić information content (AvgIpc) is 3.14. The van der Waals surface area contributed by atoms with E-state index in [-0.39, 0.29) is 24.8 Å². The highest BCUT2D eigenvalue weighted by Crippen LogP contribution is 2.31. The molecule has 2 heterocycles. The van der Waals surface area contributed by atoms with Crippen LogP contribution < -0.4 is 17.4 Å². The fourth-order valence-corrected chi connectivity index (χ4v) is 3.39. The molecule has 0 bridgehead atoms. The number of imidazole rings is 1. The van der Waals surface area contributed by atoms with Crippen LogP contribution in [0.2, 0.25) is 0 Å². The van der Waals surface area contributed by atoms with Gasteiger partial charge in [-0.2, -0.15) is 0 Å². The first-order valence-electron chi connectivity index (χ1n) is 8.62. The Hall–Kier alpha value is -1.77. The van der Waals surface area contributed by atoms with E-state index in [2.05, 4.69) is 45.9 Å². The van der Waals surface area contributed by atoms with E-state index < -0.39 is 0 Å². The Kier molecular flexibility index (Phi) is 9.62. The number of nitrogens with one attached hydrogen (secondary N) is 1. The summed E-state index contributed by atoms with van der Waals surface area (Å²) in [5.74, 6) is 9.34. The number of aromatic amines is 1. The summed E-state index contributed by atoms with van der Waals surface area (Å²) in [7, 11) is 0. The van der Waals surface area contributed by atoms with Gasteiger partial charge in [0.05, 0.1) is 12.0 Å². The molecule has 1 aromatic carbocycles. The third-order valence-electron chi connectivity index (χ3n) is 4.73. The number of H-pyrrole nitrogens is 1. The Balaban J connectivity index is 0.000000883. The number of fused-ring (bicyclic) bond motifs is 1. The van der Waals surface area contributed by atoms with Crippen molar-refractivity contribution in [3.05, 3.63) is 53.7 Å². The molecule has 148 valence electrons. The van der Waals surface area contributed by atoms with E-state index in [0.717, 1.165) is 54.8 Å². The molecule has 4 rings (SSSR count). The summed E-state index contributed by atoms with van der Waals surface area (Å²) >= 11 is 0. The molecule has 0 amide bonds. The third kappa shape index (κ3) is 5.60. The first-order chi connectivity index (χ1) is 12.3. The van der Waals surface area contributed by atoms with Crippen LogP contribution in [0, 0.1) is 0 Å². The van der Waals surface area contributed by atoms with Crippen LogP contribution >= 0.6 is 24.8 Å². The summed E-state index contributed by atoms with van der Waals surface area (Å²) < 4.78 is 0. The molecule has 0 spiro atoms. The second-order valence-electron chi connectivity index (χ2n) is 6.40. The van der Waals surface area contributed by atoms with Crippen molar-refractivity contribution < 1.29 is 0 Å². The normalized spacial score (nSPS) is 18.6. The molecule has 0 atom stereocenters. The lowest BCUT2D eigenvalue weighted by atomic mass is 9.86. The van der Waals surface area contributed by atoms with Gasteiger partial charge in [0.15, 0.2) is 5.65 Å². The summed E-state index contributed by atoms with van der Waals surface area (Å²) in [6, 6.07) is 10.7. The number of nitrogens with zero attached hydrogens (tertiary/aromatic N) is 3. The Labute approximate surface area is 171 Å². The molecule has 1 saturated carbocycles. The summed E-state index contributed by atoms with van der Waals surface area (Å²) in [6.07, 6.45) is 6.75. The lowest BCUT2D eigenvalue weighted by molar-refractivity contribution is 0.385. The van der Waals surface area contributed by atoms with Gasteiger partial charge in [0.2, 0.25) is 0 Å². The standard InChI is InChI=1S/C18H21N5.2ClH.H4N2/c19-14-8-6-13(7-9-14)17-22-15(10-12-4-2-1-3-5-12)16-18(23-17)21-11-20-16;;;1-2/h1-5,11,13-14H,6-10,19H2,(H,20,21,22,23);2*1H;1-2H2. The maximum absolute atomic E-state index is 6.02. The van der Waals surface area contributed by atoms with E-state index >= 15 is 0 Å². The second-order valence-corrected chi connectivity index (χ2v) is 6.40. The van der Waals surface area contributed by atoms with Crippen molar-refractivity contribution in [2.75, 3.05) is 0 Å². The molecule has 0 radical (unpaired) electrons. The first kappa shape index (κ1) is 23.3. The molecule has 0 unspecified atom stereocenters. The lowest BCUT2D eigenvalue weighted by Gasteiger charge is -2.25. The number of hydrazine groups is 1. The van der Waals surface area contributed by atoms with Crippen LogP contribution in [-0.2, 0) is 6.42 Å². The van der Waals surface area contributed by atoms with Gasteiger partial charge < -0.3 is 10.7 Å². The van der Waals surface area contributed by atoms with Gasteiger partial charge in [0.25, 0.3) is 0 Å². The zero-order valence-electron chi connectivity index (χ0n) is 15.0. The molecule has 1 aliphatic carbocycles. The first-order valence-corrected chi connectivity index (χ1v) is 8.62. The van der Waals surface area contributed by atoms with Crippen molar-refractivity contribution >= 4 is 36.0 Å². The minimum atomic E-state index is 0. The lowest BCUT2D eigenvalue weighted by Crippen LogP contribution is -2.26. The highest BCUT2D eigenvalue weighted by atomic mass is 35.5. The predicted molar refractivity (Wildman–Crippen MR) is 113 cm³/mol. The number of aromatic nitrogens is 4. The topological polar surface area (TPSA) is 133 Å². The number of hydrogen-bond acceptors (Lipinski definition) is 6. The van der Waals surface area contributed by atoms with Crippen molar-refractivity contribution in [1.29, 1.82) is 0 Å². The number of halogens is 2. The van der Waals surface area contributed by atoms with Gasteiger partial charge in [0, 0.05) is 18.4 Å². The van der Waals surface area contributed by atoms with Crippen LogP contribution in [-0.4, -0.2) is 26.0 Å². The number of rotatable bonds is 3. The van der Waals surface area contributed by atoms with Crippen molar-refractivity contribution in [3.63, 3.8) is 0 Å². The van der Waals surface area contributed by atoms with Gasteiger partial charge in [-0.25, -0.2) is 15.0 Å². The van der Waals surface area contributed by atoms with Crippen LogP contribution in [0.4, 0.5) is 0 Å². The fraction of sp³-hybridized carbons (Fsp3) is 0.389. The van der Waals surface area contributed by atoms with Gasteiger partial charge in [-0.1, -0.05) is 30.3 Å². The zero-order valence-corrected chi connectivity index (χ0v) is 16.7. The van der Waals surface area contributed by atoms with Crippen molar-refractivity contribution in [2.45, 2.75) is 44.1 Å². The smallest absolute Gasteiger partial charge is 0.181 e.